The van der Waals surface area contributed by atoms with Crippen LogP contribution in [0.25, 0.3) is 0 Å². The van der Waals surface area contributed by atoms with Crippen molar-refractivity contribution in [2.24, 2.45) is 0 Å². The summed E-state index contributed by atoms with van der Waals surface area (Å²) in [6.07, 6.45) is -0.00979. The van der Waals surface area contributed by atoms with Gasteiger partial charge in [0.2, 0.25) is 0 Å². The first-order valence-corrected chi connectivity index (χ1v) is 7.51. The van der Waals surface area contributed by atoms with Gasteiger partial charge in [-0.15, -0.1) is 0 Å². The Morgan fingerprint density at radius 3 is 2.75 bits per heavy atom. The van der Waals surface area contributed by atoms with E-state index in [9.17, 15) is 18.0 Å². The van der Waals surface area contributed by atoms with Gasteiger partial charge in [-0.3, -0.25) is 4.68 Å². The van der Waals surface area contributed by atoms with Crippen LogP contribution in [-0.4, -0.2) is 22.4 Å². The van der Waals surface area contributed by atoms with E-state index in [1.54, 1.807) is 10.9 Å². The molecule has 0 bridgehead atoms. The van der Waals surface area contributed by atoms with Crippen molar-refractivity contribution in [2.45, 2.75) is 32.6 Å². The molecule has 1 heterocycles. The summed E-state index contributed by atoms with van der Waals surface area (Å²) in [7, 11) is 0. The Kier molecular flexibility index (Phi) is 5.83. The van der Waals surface area contributed by atoms with Crippen molar-refractivity contribution in [1.29, 1.82) is 0 Å². The number of aromatic nitrogens is 2. The smallest absolute Gasteiger partial charge is 0.338 e. The molecule has 130 valence electrons. The van der Waals surface area contributed by atoms with Crippen molar-refractivity contribution in [3.63, 3.8) is 0 Å². The number of hydrogen-bond donors (Lipinski definition) is 2. The fourth-order valence-corrected chi connectivity index (χ4v) is 2.13. The number of amides is 2. The van der Waals surface area contributed by atoms with E-state index >= 15 is 0 Å². The van der Waals surface area contributed by atoms with Gasteiger partial charge in [0, 0.05) is 25.8 Å². The van der Waals surface area contributed by atoms with Crippen molar-refractivity contribution >= 4 is 6.03 Å². The lowest BCUT2D eigenvalue weighted by Crippen LogP contribution is -2.35. The predicted molar refractivity (Wildman–Crippen MR) is 83.3 cm³/mol. The summed E-state index contributed by atoms with van der Waals surface area (Å²) in [5, 5.41) is 9.33. The maximum absolute atomic E-state index is 12.6. The van der Waals surface area contributed by atoms with Crippen LogP contribution in [0.2, 0.25) is 0 Å². The number of alkyl halides is 3. The molecule has 0 saturated heterocycles. The van der Waals surface area contributed by atoms with Crippen LogP contribution in [0, 0.1) is 6.92 Å². The lowest BCUT2D eigenvalue weighted by Gasteiger charge is -2.10. The third-order valence-electron chi connectivity index (χ3n) is 3.32. The highest BCUT2D eigenvalue weighted by Gasteiger charge is 2.30. The summed E-state index contributed by atoms with van der Waals surface area (Å²) in [6, 6.07) is 4.48. The second-order valence-electron chi connectivity index (χ2n) is 5.44. The van der Waals surface area contributed by atoms with E-state index in [4.69, 9.17) is 0 Å². The van der Waals surface area contributed by atoms with Crippen molar-refractivity contribution < 1.29 is 18.0 Å². The second-order valence-corrected chi connectivity index (χ2v) is 5.44. The molecule has 0 aliphatic heterocycles. The third kappa shape index (κ3) is 5.60. The minimum atomic E-state index is -4.39. The van der Waals surface area contributed by atoms with E-state index in [2.05, 4.69) is 15.7 Å². The van der Waals surface area contributed by atoms with Crippen LogP contribution in [0.4, 0.5) is 18.0 Å². The average molecular weight is 340 g/mol. The summed E-state index contributed by atoms with van der Waals surface area (Å²) >= 11 is 0. The molecule has 0 unspecified atom stereocenters. The highest BCUT2D eigenvalue weighted by atomic mass is 19.4. The van der Waals surface area contributed by atoms with Gasteiger partial charge in [-0.05, 0) is 36.6 Å². The van der Waals surface area contributed by atoms with Gasteiger partial charge < -0.3 is 10.6 Å². The lowest BCUT2D eigenvalue weighted by atomic mass is 10.1. The summed E-state index contributed by atoms with van der Waals surface area (Å²) in [5.74, 6) is 0. The zero-order valence-electron chi connectivity index (χ0n) is 13.2. The molecule has 0 atom stereocenters. The molecule has 2 amide bonds. The van der Waals surface area contributed by atoms with Gasteiger partial charge in [0.1, 0.15) is 0 Å². The number of carbonyl (C=O) groups excluding carboxylic acids is 1. The van der Waals surface area contributed by atoms with E-state index in [0.29, 0.717) is 25.1 Å². The fraction of sp³-hybridized carbons (Fsp3) is 0.375. The number of hydrogen-bond acceptors (Lipinski definition) is 2. The maximum atomic E-state index is 12.6. The van der Waals surface area contributed by atoms with Gasteiger partial charge in [-0.1, -0.05) is 12.1 Å². The fourth-order valence-electron chi connectivity index (χ4n) is 2.13. The number of urea groups is 1. The summed E-state index contributed by atoms with van der Waals surface area (Å²) in [5.41, 5.74) is 0.741. The van der Waals surface area contributed by atoms with E-state index < -0.39 is 17.8 Å². The van der Waals surface area contributed by atoms with E-state index in [1.165, 1.54) is 12.1 Å². The molecule has 0 saturated carbocycles. The van der Waals surface area contributed by atoms with Gasteiger partial charge in [0.15, 0.2) is 0 Å². The van der Waals surface area contributed by atoms with Crippen LogP contribution in [-0.2, 0) is 19.3 Å². The van der Waals surface area contributed by atoms with E-state index in [0.717, 1.165) is 17.7 Å². The third-order valence-corrected chi connectivity index (χ3v) is 3.32. The molecular formula is C16H19F3N4O. The van der Waals surface area contributed by atoms with Crippen LogP contribution < -0.4 is 10.6 Å². The number of carbonyl (C=O) groups is 1. The normalized spacial score (nSPS) is 11.3. The van der Waals surface area contributed by atoms with Gasteiger partial charge >= 0.3 is 12.2 Å². The number of rotatable bonds is 6. The largest absolute Gasteiger partial charge is 0.416 e. The molecule has 1 aromatic carbocycles. The topological polar surface area (TPSA) is 59.0 Å². The molecule has 2 aromatic rings. The number of nitrogens with one attached hydrogen (secondary N) is 2. The zero-order chi connectivity index (χ0) is 17.6. The quantitative estimate of drug-likeness (QED) is 0.794. The Balaban J connectivity index is 1.69. The standard InChI is InChI=1S/C16H19F3N4O/c1-12-9-22-23(11-12)7-3-6-20-15(24)21-10-13-4-2-5-14(8-13)16(17,18)19/h2,4-5,8-9,11H,3,6-7,10H2,1H3,(H2,20,21,24). The Bertz CT molecular complexity index is 682. The maximum Gasteiger partial charge on any atom is 0.416 e. The first-order valence-electron chi connectivity index (χ1n) is 7.51. The first kappa shape index (κ1) is 17.8. The Morgan fingerprint density at radius 2 is 2.08 bits per heavy atom. The van der Waals surface area contributed by atoms with Crippen LogP contribution in [0.1, 0.15) is 23.1 Å². The van der Waals surface area contributed by atoms with Crippen LogP contribution in [0.15, 0.2) is 36.7 Å². The molecule has 8 heteroatoms. The second kappa shape index (κ2) is 7.85. The monoisotopic (exact) mass is 340 g/mol. The highest BCUT2D eigenvalue weighted by molar-refractivity contribution is 5.73. The predicted octanol–water partition coefficient (Wildman–Crippen LogP) is 3.10. The van der Waals surface area contributed by atoms with Gasteiger partial charge in [-0.2, -0.15) is 18.3 Å². The number of halogens is 3. The summed E-state index contributed by atoms with van der Waals surface area (Å²) in [6.45, 7) is 3.12. The first-order chi connectivity index (χ1) is 11.3. The molecular weight excluding hydrogens is 321 g/mol. The van der Waals surface area contributed by atoms with Crippen molar-refractivity contribution in [3.05, 3.63) is 53.3 Å². The Labute approximate surface area is 137 Å². The van der Waals surface area contributed by atoms with Crippen molar-refractivity contribution in [2.75, 3.05) is 6.54 Å². The SMILES string of the molecule is Cc1cnn(CCCNC(=O)NCc2cccc(C(F)(F)F)c2)c1. The highest BCUT2D eigenvalue weighted by Crippen LogP contribution is 2.29. The number of benzene rings is 1. The Morgan fingerprint density at radius 1 is 1.29 bits per heavy atom. The molecule has 2 N–H and O–H groups in total. The summed E-state index contributed by atoms with van der Waals surface area (Å²) in [4.78, 5) is 11.6. The minimum absolute atomic E-state index is 0.0358. The average Bonchev–Trinajstić information content (AvgIpc) is 2.94. The molecule has 5 nitrogen and oxygen atoms in total. The summed E-state index contributed by atoms with van der Waals surface area (Å²) < 4.78 is 39.6. The van der Waals surface area contributed by atoms with E-state index in [1.807, 2.05) is 13.1 Å². The molecule has 24 heavy (non-hydrogen) atoms. The number of nitrogens with zero attached hydrogens (tertiary/aromatic N) is 2. The molecule has 1 aromatic heterocycles. The van der Waals surface area contributed by atoms with Crippen molar-refractivity contribution in [1.82, 2.24) is 20.4 Å². The molecule has 0 fully saturated rings. The van der Waals surface area contributed by atoms with Gasteiger partial charge in [0.05, 0.1) is 11.8 Å². The lowest BCUT2D eigenvalue weighted by molar-refractivity contribution is -0.137. The molecule has 2 rings (SSSR count). The molecule has 0 aliphatic rings. The number of aryl methyl sites for hydroxylation is 2. The van der Waals surface area contributed by atoms with Crippen molar-refractivity contribution in [3.8, 4) is 0 Å². The molecule has 0 spiro atoms. The zero-order valence-corrected chi connectivity index (χ0v) is 13.2. The van der Waals surface area contributed by atoms with E-state index in [-0.39, 0.29) is 6.54 Å². The minimum Gasteiger partial charge on any atom is -0.338 e. The Hall–Kier alpha value is -2.51. The van der Waals surface area contributed by atoms with Crippen LogP contribution >= 0.6 is 0 Å². The van der Waals surface area contributed by atoms with Crippen LogP contribution in [0.5, 0.6) is 0 Å². The molecule has 0 radical (unpaired) electrons. The van der Waals surface area contributed by atoms with Gasteiger partial charge in [0.25, 0.3) is 0 Å². The van der Waals surface area contributed by atoms with Gasteiger partial charge in [-0.25, -0.2) is 4.79 Å². The molecule has 0 aliphatic carbocycles. The van der Waals surface area contributed by atoms with Crippen LogP contribution in [0.3, 0.4) is 0 Å².